The zero-order valence-electron chi connectivity index (χ0n) is 15.6. The molecule has 1 aliphatic carbocycles. The third-order valence-corrected chi connectivity index (χ3v) is 6.42. The smallest absolute Gasteiger partial charge is 0.0718 e. The van der Waals surface area contributed by atoms with Gasteiger partial charge in [-0.25, -0.2) is 0 Å². The molecule has 0 bridgehead atoms. The molecule has 1 N–H and O–H groups in total. The summed E-state index contributed by atoms with van der Waals surface area (Å²) in [6.45, 7) is 5.74. The molecule has 3 nitrogen and oxygen atoms in total. The number of piperazine rings is 1. The Hall–Kier alpha value is -0.140. The highest BCUT2D eigenvalue weighted by atomic mass is 79.9. The van der Waals surface area contributed by atoms with Crippen LogP contribution in [0.2, 0.25) is 0 Å². The van der Waals surface area contributed by atoms with Crippen molar-refractivity contribution in [3.63, 3.8) is 0 Å². The van der Waals surface area contributed by atoms with Gasteiger partial charge in [-0.15, -0.1) is 24.8 Å². The molecule has 154 valence electrons. The Morgan fingerprint density at radius 1 is 0.929 bits per heavy atom. The molecule has 1 saturated heterocycles. The van der Waals surface area contributed by atoms with Crippen molar-refractivity contribution in [2.45, 2.75) is 25.0 Å². The SMILES string of the molecule is Brc1cc(Br)cc(COCC2(N3CCNCC3)Cc3ccccc3C2)c1.Cl.Cl. The van der Waals surface area contributed by atoms with Gasteiger partial charge in [0.25, 0.3) is 0 Å². The number of benzene rings is 2. The van der Waals surface area contributed by atoms with E-state index in [-0.39, 0.29) is 30.4 Å². The molecule has 0 radical (unpaired) electrons. The van der Waals surface area contributed by atoms with Crippen LogP contribution < -0.4 is 5.32 Å². The number of rotatable bonds is 5. The maximum atomic E-state index is 6.30. The number of nitrogens with zero attached hydrogens (tertiary/aromatic N) is 1. The summed E-state index contributed by atoms with van der Waals surface area (Å²) in [4.78, 5) is 2.65. The van der Waals surface area contributed by atoms with Gasteiger partial charge in [-0.3, -0.25) is 4.90 Å². The van der Waals surface area contributed by atoms with Gasteiger partial charge in [-0.1, -0.05) is 56.1 Å². The summed E-state index contributed by atoms with van der Waals surface area (Å²) < 4.78 is 8.46. The summed E-state index contributed by atoms with van der Waals surface area (Å²) in [5.41, 5.74) is 4.26. The Kier molecular flexibility index (Phi) is 9.27. The summed E-state index contributed by atoms with van der Waals surface area (Å²) in [5, 5.41) is 3.48. The molecule has 0 aromatic heterocycles. The first-order valence-electron chi connectivity index (χ1n) is 9.20. The van der Waals surface area contributed by atoms with Crippen molar-refractivity contribution in [1.82, 2.24) is 10.2 Å². The minimum Gasteiger partial charge on any atom is -0.375 e. The van der Waals surface area contributed by atoms with Gasteiger partial charge in [0.05, 0.1) is 18.8 Å². The Labute approximate surface area is 196 Å². The van der Waals surface area contributed by atoms with Crippen LogP contribution in [-0.4, -0.2) is 43.2 Å². The summed E-state index contributed by atoms with van der Waals surface area (Å²) in [6.07, 6.45) is 2.18. The predicted molar refractivity (Wildman–Crippen MR) is 127 cm³/mol. The maximum absolute atomic E-state index is 6.30. The van der Waals surface area contributed by atoms with Crippen molar-refractivity contribution >= 4 is 56.7 Å². The van der Waals surface area contributed by atoms with E-state index in [1.807, 2.05) is 0 Å². The Morgan fingerprint density at radius 2 is 1.50 bits per heavy atom. The molecule has 2 aliphatic rings. The van der Waals surface area contributed by atoms with E-state index in [4.69, 9.17) is 4.74 Å². The van der Waals surface area contributed by atoms with Gasteiger partial charge in [-0.05, 0) is 47.7 Å². The van der Waals surface area contributed by atoms with Crippen LogP contribution in [0.4, 0.5) is 0 Å². The maximum Gasteiger partial charge on any atom is 0.0718 e. The van der Waals surface area contributed by atoms with Gasteiger partial charge in [0.2, 0.25) is 0 Å². The van der Waals surface area contributed by atoms with Crippen molar-refractivity contribution in [2.24, 2.45) is 0 Å². The van der Waals surface area contributed by atoms with Gasteiger partial charge in [-0.2, -0.15) is 0 Å². The fraction of sp³-hybridized carbons (Fsp3) is 0.429. The molecule has 1 fully saturated rings. The van der Waals surface area contributed by atoms with Crippen LogP contribution in [0.5, 0.6) is 0 Å². The number of hydrogen-bond acceptors (Lipinski definition) is 3. The standard InChI is InChI=1S/C21H24Br2N2O.2ClH/c22-19-9-16(10-20(23)11-19)14-26-15-21(25-7-5-24-6-8-25)12-17-3-1-2-4-18(17)13-21;;/h1-4,9-11,24H,5-8,12-15H2;2*1H. The van der Waals surface area contributed by atoms with Gasteiger partial charge in [0.15, 0.2) is 0 Å². The van der Waals surface area contributed by atoms with Gasteiger partial charge in [0, 0.05) is 35.1 Å². The lowest BCUT2D eigenvalue weighted by atomic mass is 9.93. The molecule has 0 saturated carbocycles. The van der Waals surface area contributed by atoms with E-state index in [2.05, 4.69) is 84.5 Å². The molecule has 2 aromatic rings. The lowest BCUT2D eigenvalue weighted by molar-refractivity contribution is -0.0158. The summed E-state index contributed by atoms with van der Waals surface area (Å²) in [7, 11) is 0. The monoisotopic (exact) mass is 550 g/mol. The third kappa shape index (κ3) is 5.51. The van der Waals surface area contributed by atoms with Crippen molar-refractivity contribution in [2.75, 3.05) is 32.8 Å². The van der Waals surface area contributed by atoms with Crippen LogP contribution in [-0.2, 0) is 24.2 Å². The zero-order valence-corrected chi connectivity index (χ0v) is 20.4. The lowest BCUT2D eigenvalue weighted by Crippen LogP contribution is -2.59. The summed E-state index contributed by atoms with van der Waals surface area (Å²) in [6, 6.07) is 15.2. The van der Waals surface area contributed by atoms with Crippen molar-refractivity contribution in [3.05, 3.63) is 68.1 Å². The van der Waals surface area contributed by atoms with Crippen LogP contribution in [0.15, 0.2) is 51.4 Å². The molecule has 0 amide bonds. The number of nitrogens with one attached hydrogen (secondary N) is 1. The van der Waals surface area contributed by atoms with Crippen LogP contribution in [0.3, 0.4) is 0 Å². The van der Waals surface area contributed by atoms with Crippen molar-refractivity contribution in [1.29, 1.82) is 0 Å². The van der Waals surface area contributed by atoms with Crippen LogP contribution >= 0.6 is 56.7 Å². The fourth-order valence-electron chi connectivity index (χ4n) is 4.28. The summed E-state index contributed by atoms with van der Waals surface area (Å²) in [5.74, 6) is 0. The largest absolute Gasteiger partial charge is 0.375 e. The van der Waals surface area contributed by atoms with Crippen LogP contribution in [0.1, 0.15) is 16.7 Å². The molecule has 0 unspecified atom stereocenters. The second-order valence-corrected chi connectivity index (χ2v) is 9.19. The van der Waals surface area contributed by atoms with Crippen molar-refractivity contribution in [3.8, 4) is 0 Å². The normalized spacial score (nSPS) is 18.1. The van der Waals surface area contributed by atoms with E-state index in [0.29, 0.717) is 6.61 Å². The first kappa shape index (κ1) is 24.1. The van der Waals surface area contributed by atoms with Crippen molar-refractivity contribution < 1.29 is 4.74 Å². The van der Waals surface area contributed by atoms with E-state index >= 15 is 0 Å². The number of fused-ring (bicyclic) bond motifs is 1. The fourth-order valence-corrected chi connectivity index (χ4v) is 5.67. The minimum atomic E-state index is 0. The quantitative estimate of drug-likeness (QED) is 0.564. The number of hydrogen-bond donors (Lipinski definition) is 1. The van der Waals surface area contributed by atoms with Crippen LogP contribution in [0, 0.1) is 0 Å². The Balaban J connectivity index is 0.00000140. The molecule has 0 spiro atoms. The van der Waals surface area contributed by atoms with E-state index in [0.717, 1.165) is 54.6 Å². The van der Waals surface area contributed by atoms with Gasteiger partial charge in [0.1, 0.15) is 0 Å². The van der Waals surface area contributed by atoms with E-state index in [1.165, 1.54) is 16.7 Å². The average molecular weight is 553 g/mol. The predicted octanol–water partition coefficient (Wildman–Crippen LogP) is 5.01. The molecule has 7 heteroatoms. The highest BCUT2D eigenvalue weighted by Gasteiger charge is 2.42. The molecular formula is C21H26Br2Cl2N2O. The van der Waals surface area contributed by atoms with E-state index in [1.54, 1.807) is 0 Å². The summed E-state index contributed by atoms with van der Waals surface area (Å²) >= 11 is 7.13. The minimum absolute atomic E-state index is 0. The first-order chi connectivity index (χ1) is 12.6. The average Bonchev–Trinajstić information content (AvgIpc) is 3.01. The second-order valence-electron chi connectivity index (χ2n) is 7.35. The number of ether oxygens (including phenoxy) is 1. The highest BCUT2D eigenvalue weighted by molar-refractivity contribution is 9.11. The van der Waals surface area contributed by atoms with Gasteiger partial charge >= 0.3 is 0 Å². The Bertz CT molecular complexity index is 740. The van der Waals surface area contributed by atoms with E-state index in [9.17, 15) is 0 Å². The number of halogens is 4. The third-order valence-electron chi connectivity index (χ3n) is 5.51. The zero-order chi connectivity index (χ0) is 18.0. The molecule has 1 aliphatic heterocycles. The molecule has 28 heavy (non-hydrogen) atoms. The molecule has 1 heterocycles. The molecular weight excluding hydrogens is 527 g/mol. The Morgan fingerprint density at radius 3 is 2.07 bits per heavy atom. The highest BCUT2D eigenvalue weighted by Crippen LogP contribution is 2.35. The molecule has 2 aromatic carbocycles. The lowest BCUT2D eigenvalue weighted by Gasteiger charge is -2.43. The molecule has 4 rings (SSSR count). The van der Waals surface area contributed by atoms with E-state index < -0.39 is 0 Å². The molecule has 0 atom stereocenters. The van der Waals surface area contributed by atoms with Gasteiger partial charge < -0.3 is 10.1 Å². The first-order valence-corrected chi connectivity index (χ1v) is 10.8. The van der Waals surface area contributed by atoms with Crippen LogP contribution in [0.25, 0.3) is 0 Å². The second kappa shape index (κ2) is 10.8. The topological polar surface area (TPSA) is 24.5 Å².